The predicted octanol–water partition coefficient (Wildman–Crippen LogP) is 2.94. The molecule has 1 amide bonds. The Morgan fingerprint density at radius 2 is 2.23 bits per heavy atom. The van der Waals surface area contributed by atoms with E-state index in [0.29, 0.717) is 29.6 Å². The van der Waals surface area contributed by atoms with Gasteiger partial charge in [-0.15, -0.1) is 6.42 Å². The average Bonchev–Trinajstić information content (AvgIpc) is 2.76. The third kappa shape index (κ3) is 2.69. The van der Waals surface area contributed by atoms with Gasteiger partial charge in [0.25, 0.3) is 5.91 Å². The fourth-order valence-electron chi connectivity index (χ4n) is 5.65. The Labute approximate surface area is 133 Å². The van der Waals surface area contributed by atoms with E-state index in [1.54, 1.807) is 0 Å². The van der Waals surface area contributed by atoms with Crippen molar-refractivity contribution in [2.24, 2.45) is 29.1 Å². The van der Waals surface area contributed by atoms with Crippen molar-refractivity contribution in [3.63, 3.8) is 0 Å². The number of rotatable bonds is 4. The second kappa shape index (κ2) is 6.07. The Morgan fingerprint density at radius 3 is 3.00 bits per heavy atom. The lowest BCUT2D eigenvalue weighted by Crippen LogP contribution is -2.43. The molecule has 3 aliphatic carbocycles. The van der Waals surface area contributed by atoms with E-state index >= 15 is 0 Å². The quantitative estimate of drug-likeness (QED) is 0.641. The molecule has 120 valence electrons. The van der Waals surface area contributed by atoms with Crippen molar-refractivity contribution < 1.29 is 9.59 Å². The number of fused-ring (bicyclic) bond motifs is 1. The summed E-state index contributed by atoms with van der Waals surface area (Å²) >= 11 is 0. The summed E-state index contributed by atoms with van der Waals surface area (Å²) in [7, 11) is 0. The zero-order valence-electron chi connectivity index (χ0n) is 13.6. The second-order valence-corrected chi connectivity index (χ2v) is 7.81. The first-order valence-electron chi connectivity index (χ1n) is 8.83. The van der Waals surface area contributed by atoms with Crippen LogP contribution in [0.2, 0.25) is 0 Å². The highest BCUT2D eigenvalue weighted by Gasteiger charge is 2.56. The van der Waals surface area contributed by atoms with Gasteiger partial charge >= 0.3 is 0 Å². The fraction of sp³-hybridized carbons (Fsp3) is 0.789. The molecule has 0 aromatic carbocycles. The van der Waals surface area contributed by atoms with Crippen LogP contribution in [0.1, 0.15) is 58.3 Å². The van der Waals surface area contributed by atoms with Gasteiger partial charge in [0.05, 0.1) is 0 Å². The summed E-state index contributed by atoms with van der Waals surface area (Å²) in [5.74, 6) is 4.88. The highest BCUT2D eigenvalue weighted by atomic mass is 16.1. The Bertz CT molecular complexity index is 506. The van der Waals surface area contributed by atoms with Gasteiger partial charge in [0.1, 0.15) is 5.78 Å². The van der Waals surface area contributed by atoms with Crippen LogP contribution < -0.4 is 5.32 Å². The van der Waals surface area contributed by atoms with Gasteiger partial charge in [-0.2, -0.15) is 0 Å². The molecule has 22 heavy (non-hydrogen) atoms. The van der Waals surface area contributed by atoms with Gasteiger partial charge in [-0.05, 0) is 74.0 Å². The standard InChI is InChI=1S/C19H27NO2/c1-3-18(22)20-10-4-5-15-13(2)8-9-19-11-14(17(21)12-19)6-7-16(15)19/h1,13-16H,4-12H2,2H3,(H,20,22)/t13?,14-,15?,16?,19+/m1/s1. The first-order chi connectivity index (χ1) is 10.6. The minimum Gasteiger partial charge on any atom is -0.345 e. The van der Waals surface area contributed by atoms with Crippen LogP contribution in [0, 0.1) is 41.4 Å². The maximum atomic E-state index is 12.2. The number of ketones is 1. The first-order valence-corrected chi connectivity index (χ1v) is 8.83. The van der Waals surface area contributed by atoms with E-state index < -0.39 is 0 Å². The van der Waals surface area contributed by atoms with Crippen LogP contribution in [0.3, 0.4) is 0 Å². The second-order valence-electron chi connectivity index (χ2n) is 7.81. The van der Waals surface area contributed by atoms with Crippen LogP contribution >= 0.6 is 0 Å². The largest absolute Gasteiger partial charge is 0.345 e. The van der Waals surface area contributed by atoms with Gasteiger partial charge < -0.3 is 5.32 Å². The molecule has 3 fully saturated rings. The third-order valence-corrected chi connectivity index (χ3v) is 6.72. The number of Topliss-reactive ketones (excluding diaryl/α,β-unsaturated/α-hetero) is 1. The van der Waals surface area contributed by atoms with Crippen molar-refractivity contribution in [3.8, 4) is 12.3 Å². The summed E-state index contributed by atoms with van der Waals surface area (Å²) in [4.78, 5) is 23.3. The maximum Gasteiger partial charge on any atom is 0.295 e. The summed E-state index contributed by atoms with van der Waals surface area (Å²) < 4.78 is 0. The molecule has 3 nitrogen and oxygen atoms in total. The van der Waals surface area contributed by atoms with Gasteiger partial charge in [-0.3, -0.25) is 9.59 Å². The summed E-state index contributed by atoms with van der Waals surface area (Å²) in [6, 6.07) is 0. The van der Waals surface area contributed by atoms with Crippen molar-refractivity contribution in [1.82, 2.24) is 5.32 Å². The summed E-state index contributed by atoms with van der Waals surface area (Å²) in [5.41, 5.74) is 0.333. The van der Waals surface area contributed by atoms with Crippen molar-refractivity contribution >= 4 is 11.7 Å². The molecule has 0 aromatic rings. The normalized spacial score (nSPS) is 39.9. The average molecular weight is 301 g/mol. The first kappa shape index (κ1) is 15.6. The molecule has 0 aromatic heterocycles. The van der Waals surface area contributed by atoms with Crippen LogP contribution in [0.25, 0.3) is 0 Å². The number of hydrogen-bond acceptors (Lipinski definition) is 2. The topological polar surface area (TPSA) is 46.2 Å². The predicted molar refractivity (Wildman–Crippen MR) is 85.9 cm³/mol. The van der Waals surface area contributed by atoms with Crippen molar-refractivity contribution in [3.05, 3.63) is 0 Å². The summed E-state index contributed by atoms with van der Waals surface area (Å²) in [6.07, 6.45) is 14.1. The van der Waals surface area contributed by atoms with Gasteiger partial charge in [-0.25, -0.2) is 0 Å². The van der Waals surface area contributed by atoms with E-state index in [-0.39, 0.29) is 5.91 Å². The Hall–Kier alpha value is -1.30. The molecular weight excluding hydrogens is 274 g/mol. The Balaban J connectivity index is 1.62. The molecule has 2 bridgehead atoms. The number of carbonyl (C=O) groups excluding carboxylic acids is 2. The summed E-state index contributed by atoms with van der Waals surface area (Å²) in [6.45, 7) is 3.05. The van der Waals surface area contributed by atoms with Crippen LogP contribution in [0.5, 0.6) is 0 Å². The smallest absolute Gasteiger partial charge is 0.295 e. The van der Waals surface area contributed by atoms with E-state index in [4.69, 9.17) is 6.42 Å². The Morgan fingerprint density at radius 1 is 1.41 bits per heavy atom. The molecule has 3 heteroatoms. The fourth-order valence-corrected chi connectivity index (χ4v) is 5.65. The van der Waals surface area contributed by atoms with Gasteiger partial charge in [0.2, 0.25) is 0 Å². The van der Waals surface area contributed by atoms with Crippen LogP contribution in [-0.4, -0.2) is 18.2 Å². The van der Waals surface area contributed by atoms with Crippen LogP contribution in [0.4, 0.5) is 0 Å². The molecule has 0 saturated heterocycles. The number of amides is 1. The lowest BCUT2D eigenvalue weighted by atomic mass is 9.53. The highest BCUT2D eigenvalue weighted by Crippen LogP contribution is 2.62. The molecule has 3 unspecified atom stereocenters. The number of hydrogen-bond donors (Lipinski definition) is 1. The molecule has 0 radical (unpaired) electrons. The van der Waals surface area contributed by atoms with Gasteiger partial charge in [0, 0.05) is 18.9 Å². The van der Waals surface area contributed by atoms with Crippen LogP contribution in [-0.2, 0) is 9.59 Å². The Kier molecular flexibility index (Phi) is 4.30. The van der Waals surface area contributed by atoms with Gasteiger partial charge in [0.15, 0.2) is 0 Å². The molecule has 1 spiro atoms. The van der Waals surface area contributed by atoms with Gasteiger partial charge in [-0.1, -0.05) is 6.92 Å². The zero-order chi connectivity index (χ0) is 15.7. The van der Waals surface area contributed by atoms with E-state index in [1.807, 2.05) is 0 Å². The molecule has 3 rings (SSSR count). The monoisotopic (exact) mass is 301 g/mol. The number of carbonyl (C=O) groups is 2. The molecular formula is C19H27NO2. The van der Waals surface area contributed by atoms with E-state index in [1.165, 1.54) is 19.3 Å². The van der Waals surface area contributed by atoms with Crippen LogP contribution in [0.15, 0.2) is 0 Å². The van der Waals surface area contributed by atoms with Crippen molar-refractivity contribution in [2.45, 2.75) is 58.3 Å². The lowest BCUT2D eigenvalue weighted by Gasteiger charge is -2.51. The van der Waals surface area contributed by atoms with Crippen molar-refractivity contribution in [2.75, 3.05) is 6.54 Å². The van der Waals surface area contributed by atoms with E-state index in [0.717, 1.165) is 43.9 Å². The molecule has 3 aliphatic rings. The van der Waals surface area contributed by atoms with E-state index in [9.17, 15) is 9.59 Å². The number of terminal acetylenes is 1. The maximum absolute atomic E-state index is 12.2. The summed E-state index contributed by atoms with van der Waals surface area (Å²) in [5, 5.41) is 2.77. The molecule has 5 atom stereocenters. The SMILES string of the molecule is C#CC(=O)NCCCC1C(C)CC[C@]23CC(=O)[C@H](CCC12)C3. The third-order valence-electron chi connectivity index (χ3n) is 6.72. The lowest BCUT2D eigenvalue weighted by molar-refractivity contribution is -0.121. The van der Waals surface area contributed by atoms with Crippen molar-refractivity contribution in [1.29, 1.82) is 0 Å². The van der Waals surface area contributed by atoms with E-state index in [2.05, 4.69) is 18.2 Å². The minimum absolute atomic E-state index is 0.310. The zero-order valence-corrected chi connectivity index (χ0v) is 13.6. The molecule has 0 aliphatic heterocycles. The minimum atomic E-state index is -0.310. The molecule has 3 saturated carbocycles. The number of nitrogens with one attached hydrogen (secondary N) is 1. The highest BCUT2D eigenvalue weighted by molar-refractivity contribution is 5.92. The molecule has 1 N–H and O–H groups in total. The molecule has 0 heterocycles.